The lowest BCUT2D eigenvalue weighted by Crippen LogP contribution is -2.42. The van der Waals surface area contributed by atoms with Gasteiger partial charge in [-0.15, -0.1) is 0 Å². The Kier molecular flexibility index (Phi) is 6.56. The van der Waals surface area contributed by atoms with Crippen molar-refractivity contribution in [2.75, 3.05) is 13.1 Å². The van der Waals surface area contributed by atoms with E-state index in [1.54, 1.807) is 0 Å². The summed E-state index contributed by atoms with van der Waals surface area (Å²) in [6.07, 6.45) is -0.477. The number of ether oxygens (including phenoxy) is 1. The van der Waals surface area contributed by atoms with Crippen molar-refractivity contribution < 1.29 is 14.3 Å². The van der Waals surface area contributed by atoms with Crippen LogP contribution in [0.4, 0.5) is 4.79 Å². The van der Waals surface area contributed by atoms with Crippen molar-refractivity contribution >= 4 is 12.0 Å². The van der Waals surface area contributed by atoms with Crippen molar-refractivity contribution in [1.29, 1.82) is 0 Å². The maximum Gasteiger partial charge on any atom is 0.410 e. The summed E-state index contributed by atoms with van der Waals surface area (Å²) in [5, 5.41) is 2.75. The van der Waals surface area contributed by atoms with Gasteiger partial charge in [0.1, 0.15) is 13.2 Å². The summed E-state index contributed by atoms with van der Waals surface area (Å²) in [5.74, 6) is -0.182. The largest absolute Gasteiger partial charge is 0.445 e. The van der Waals surface area contributed by atoms with Crippen LogP contribution >= 0.6 is 0 Å². The highest BCUT2D eigenvalue weighted by molar-refractivity contribution is 5.82. The van der Waals surface area contributed by atoms with E-state index in [0.29, 0.717) is 6.54 Å². The molecular weight excluding hydrogens is 256 g/mol. The first-order chi connectivity index (χ1) is 9.52. The van der Waals surface area contributed by atoms with E-state index in [1.807, 2.05) is 51.1 Å². The lowest BCUT2D eigenvalue weighted by Gasteiger charge is -2.20. The number of amides is 2. The summed E-state index contributed by atoms with van der Waals surface area (Å²) in [5.41, 5.74) is 0.920. The van der Waals surface area contributed by atoms with Crippen LogP contribution in [0, 0.1) is 0 Å². The molecule has 2 amide bonds. The molecule has 20 heavy (non-hydrogen) atoms. The fourth-order valence-electron chi connectivity index (χ4n) is 1.66. The summed E-state index contributed by atoms with van der Waals surface area (Å²) < 4.78 is 5.19. The Bertz CT molecular complexity index is 432. The Balaban J connectivity index is 2.44. The molecule has 0 aliphatic heterocycles. The van der Waals surface area contributed by atoms with Gasteiger partial charge in [-0.3, -0.25) is 9.69 Å². The minimum atomic E-state index is -0.477. The molecule has 0 aliphatic carbocycles. The third-order valence-corrected chi connectivity index (χ3v) is 2.63. The van der Waals surface area contributed by atoms with E-state index < -0.39 is 6.09 Å². The zero-order chi connectivity index (χ0) is 15.0. The van der Waals surface area contributed by atoms with E-state index in [4.69, 9.17) is 4.74 Å². The average molecular weight is 278 g/mol. The van der Waals surface area contributed by atoms with Crippen molar-refractivity contribution in [2.45, 2.75) is 33.4 Å². The SMILES string of the molecule is CCN(CC(=O)NC(C)C)C(=O)OCc1ccccc1. The Morgan fingerprint density at radius 1 is 1.25 bits per heavy atom. The second kappa shape index (κ2) is 8.19. The predicted molar refractivity (Wildman–Crippen MR) is 77.2 cm³/mol. The van der Waals surface area contributed by atoms with Gasteiger partial charge in [0.05, 0.1) is 0 Å². The summed E-state index contributed by atoms with van der Waals surface area (Å²) in [4.78, 5) is 24.9. The molecule has 5 nitrogen and oxygen atoms in total. The van der Waals surface area contributed by atoms with Crippen LogP contribution in [0.25, 0.3) is 0 Å². The Labute approximate surface area is 119 Å². The summed E-state index contributed by atoms with van der Waals surface area (Å²) in [6, 6.07) is 9.50. The van der Waals surface area contributed by atoms with Gasteiger partial charge in [0.2, 0.25) is 5.91 Å². The van der Waals surface area contributed by atoms with Gasteiger partial charge in [0, 0.05) is 12.6 Å². The highest BCUT2D eigenvalue weighted by atomic mass is 16.6. The van der Waals surface area contributed by atoms with E-state index in [9.17, 15) is 9.59 Å². The van der Waals surface area contributed by atoms with Crippen molar-refractivity contribution in [3.8, 4) is 0 Å². The van der Waals surface area contributed by atoms with Crippen molar-refractivity contribution in [3.05, 3.63) is 35.9 Å². The van der Waals surface area contributed by atoms with Crippen LogP contribution < -0.4 is 5.32 Å². The first kappa shape index (κ1) is 16.0. The van der Waals surface area contributed by atoms with Gasteiger partial charge in [0.15, 0.2) is 0 Å². The molecule has 0 atom stereocenters. The molecule has 0 heterocycles. The number of carbonyl (C=O) groups is 2. The quantitative estimate of drug-likeness (QED) is 0.867. The highest BCUT2D eigenvalue weighted by Crippen LogP contribution is 2.03. The van der Waals surface area contributed by atoms with E-state index in [1.165, 1.54) is 4.90 Å². The van der Waals surface area contributed by atoms with Crippen molar-refractivity contribution in [1.82, 2.24) is 10.2 Å². The number of nitrogens with one attached hydrogen (secondary N) is 1. The molecule has 0 saturated heterocycles. The van der Waals surface area contributed by atoms with Gasteiger partial charge in [0.25, 0.3) is 0 Å². The van der Waals surface area contributed by atoms with Crippen LogP contribution in [-0.2, 0) is 16.1 Å². The Hall–Kier alpha value is -2.04. The molecule has 0 fully saturated rings. The Morgan fingerprint density at radius 3 is 2.45 bits per heavy atom. The molecule has 110 valence electrons. The lowest BCUT2D eigenvalue weighted by atomic mass is 10.2. The maximum absolute atomic E-state index is 11.9. The molecule has 1 N–H and O–H groups in total. The molecule has 0 spiro atoms. The molecule has 0 bridgehead atoms. The number of benzene rings is 1. The molecule has 1 aromatic rings. The summed E-state index contributed by atoms with van der Waals surface area (Å²) >= 11 is 0. The average Bonchev–Trinajstić information content (AvgIpc) is 2.42. The highest BCUT2D eigenvalue weighted by Gasteiger charge is 2.17. The van der Waals surface area contributed by atoms with E-state index in [2.05, 4.69) is 5.32 Å². The van der Waals surface area contributed by atoms with Crippen LogP contribution in [0.15, 0.2) is 30.3 Å². The maximum atomic E-state index is 11.9. The van der Waals surface area contributed by atoms with Gasteiger partial charge in [-0.1, -0.05) is 30.3 Å². The normalized spacial score (nSPS) is 10.2. The zero-order valence-electron chi connectivity index (χ0n) is 12.3. The smallest absolute Gasteiger partial charge is 0.410 e. The number of carbonyl (C=O) groups excluding carboxylic acids is 2. The van der Waals surface area contributed by atoms with Gasteiger partial charge in [-0.25, -0.2) is 4.79 Å². The molecule has 0 unspecified atom stereocenters. The monoisotopic (exact) mass is 278 g/mol. The Morgan fingerprint density at radius 2 is 1.90 bits per heavy atom. The van der Waals surface area contributed by atoms with Gasteiger partial charge >= 0.3 is 6.09 Å². The summed E-state index contributed by atoms with van der Waals surface area (Å²) in [6.45, 7) is 6.22. The fourth-order valence-corrected chi connectivity index (χ4v) is 1.66. The second-order valence-electron chi connectivity index (χ2n) is 4.78. The molecule has 0 saturated carbocycles. The first-order valence-electron chi connectivity index (χ1n) is 6.78. The van der Waals surface area contributed by atoms with Crippen LogP contribution in [0.2, 0.25) is 0 Å². The van der Waals surface area contributed by atoms with Crippen LogP contribution in [-0.4, -0.2) is 36.0 Å². The van der Waals surface area contributed by atoms with Crippen molar-refractivity contribution in [3.63, 3.8) is 0 Å². The van der Waals surface area contributed by atoms with Gasteiger partial charge < -0.3 is 10.1 Å². The lowest BCUT2D eigenvalue weighted by molar-refractivity contribution is -0.122. The minimum absolute atomic E-state index is 0.0162. The molecule has 0 aromatic heterocycles. The fraction of sp³-hybridized carbons (Fsp3) is 0.467. The van der Waals surface area contributed by atoms with E-state index in [-0.39, 0.29) is 25.1 Å². The molecule has 0 radical (unpaired) electrons. The standard InChI is InChI=1S/C15H22N2O3/c1-4-17(10-14(18)16-12(2)3)15(19)20-11-13-8-6-5-7-9-13/h5-9,12H,4,10-11H2,1-3H3,(H,16,18). The number of rotatable bonds is 6. The van der Waals surface area contributed by atoms with Crippen molar-refractivity contribution in [2.24, 2.45) is 0 Å². The van der Waals surface area contributed by atoms with Gasteiger partial charge in [-0.2, -0.15) is 0 Å². The number of nitrogens with zero attached hydrogens (tertiary/aromatic N) is 1. The molecular formula is C15H22N2O3. The van der Waals surface area contributed by atoms with E-state index in [0.717, 1.165) is 5.56 Å². The van der Waals surface area contributed by atoms with Gasteiger partial charge in [-0.05, 0) is 26.3 Å². The number of hydrogen-bond donors (Lipinski definition) is 1. The van der Waals surface area contributed by atoms with Crippen LogP contribution in [0.3, 0.4) is 0 Å². The number of likely N-dealkylation sites (N-methyl/N-ethyl adjacent to an activating group) is 1. The zero-order valence-corrected chi connectivity index (χ0v) is 12.3. The van der Waals surface area contributed by atoms with Crippen LogP contribution in [0.5, 0.6) is 0 Å². The topological polar surface area (TPSA) is 58.6 Å². The van der Waals surface area contributed by atoms with Crippen LogP contribution in [0.1, 0.15) is 26.3 Å². The molecule has 0 aliphatic rings. The first-order valence-corrected chi connectivity index (χ1v) is 6.78. The minimum Gasteiger partial charge on any atom is -0.445 e. The molecule has 5 heteroatoms. The predicted octanol–water partition coefficient (Wildman–Crippen LogP) is 2.17. The second-order valence-corrected chi connectivity index (χ2v) is 4.78. The number of hydrogen-bond acceptors (Lipinski definition) is 3. The summed E-state index contributed by atoms with van der Waals surface area (Å²) in [7, 11) is 0. The third-order valence-electron chi connectivity index (χ3n) is 2.63. The molecule has 1 aromatic carbocycles. The van der Waals surface area contributed by atoms with E-state index >= 15 is 0 Å². The molecule has 1 rings (SSSR count). The third kappa shape index (κ3) is 5.73.